The number of carbonyl (C=O) groups is 1. The van der Waals surface area contributed by atoms with Gasteiger partial charge in [-0.15, -0.1) is 0 Å². The first-order chi connectivity index (χ1) is 13.2. The zero-order chi connectivity index (χ0) is 19.2. The molecule has 27 heavy (non-hydrogen) atoms. The molecule has 2 aliphatic rings. The summed E-state index contributed by atoms with van der Waals surface area (Å²) in [6, 6.07) is 4.19. The number of methoxy groups -OCH3 is 3. The van der Waals surface area contributed by atoms with E-state index in [2.05, 4.69) is 0 Å². The molecular weight excluding hydrogens is 344 g/mol. The summed E-state index contributed by atoms with van der Waals surface area (Å²) in [4.78, 5) is 16.8. The van der Waals surface area contributed by atoms with Crippen LogP contribution in [0.25, 0.3) is 0 Å². The van der Waals surface area contributed by atoms with Crippen molar-refractivity contribution in [3.63, 3.8) is 0 Å². The highest BCUT2D eigenvalue weighted by Gasteiger charge is 2.31. The van der Waals surface area contributed by atoms with Gasteiger partial charge < -0.3 is 24.0 Å². The fourth-order valence-corrected chi connectivity index (χ4v) is 4.47. The molecule has 1 aromatic rings. The van der Waals surface area contributed by atoms with Gasteiger partial charge >= 0.3 is 0 Å². The standard InChI is InChI=1S/C21H32N2O4/c1-25-18-14-16(15-19(26-2)20(18)27-3)21(24)23-12-8-17(9-13-23)22-10-6-4-5-7-11-22/h14-15,17H,4-13H2,1-3H3/p+1. The number of hydrogen-bond acceptors (Lipinski definition) is 4. The quantitative estimate of drug-likeness (QED) is 0.850. The van der Waals surface area contributed by atoms with E-state index in [1.54, 1.807) is 38.4 Å². The largest absolute Gasteiger partial charge is 0.493 e. The normalized spacial score (nSPS) is 19.4. The Labute approximate surface area is 162 Å². The summed E-state index contributed by atoms with van der Waals surface area (Å²) in [6.45, 7) is 4.24. The minimum Gasteiger partial charge on any atom is -0.493 e. The van der Waals surface area contributed by atoms with Gasteiger partial charge in [0.05, 0.1) is 40.5 Å². The molecule has 0 aliphatic carbocycles. The lowest BCUT2D eigenvalue weighted by Crippen LogP contribution is -3.16. The average Bonchev–Trinajstić information content (AvgIpc) is 3.01. The summed E-state index contributed by atoms with van der Waals surface area (Å²) in [6.07, 6.45) is 7.63. The molecule has 2 aliphatic heterocycles. The number of amides is 1. The third-order valence-corrected chi connectivity index (χ3v) is 6.02. The Morgan fingerprint density at radius 1 is 0.926 bits per heavy atom. The van der Waals surface area contributed by atoms with Crippen LogP contribution in [-0.4, -0.2) is 64.4 Å². The van der Waals surface area contributed by atoms with Crippen LogP contribution in [0.15, 0.2) is 12.1 Å². The number of carbonyl (C=O) groups excluding carboxylic acids is 1. The summed E-state index contributed by atoms with van der Waals surface area (Å²) in [5.74, 6) is 1.59. The highest BCUT2D eigenvalue weighted by Crippen LogP contribution is 2.38. The fraction of sp³-hybridized carbons (Fsp3) is 0.667. The van der Waals surface area contributed by atoms with Gasteiger partial charge in [-0.2, -0.15) is 0 Å². The zero-order valence-corrected chi connectivity index (χ0v) is 16.9. The summed E-state index contributed by atoms with van der Waals surface area (Å²) in [7, 11) is 4.71. The van der Waals surface area contributed by atoms with Crippen LogP contribution in [0, 0.1) is 0 Å². The zero-order valence-electron chi connectivity index (χ0n) is 16.9. The maximum absolute atomic E-state index is 13.0. The van der Waals surface area contributed by atoms with E-state index >= 15 is 0 Å². The molecule has 3 rings (SSSR count). The SMILES string of the molecule is COc1cc(C(=O)N2CCC([NH+]3CCCCCC3)CC2)cc(OC)c1OC. The predicted molar refractivity (Wildman–Crippen MR) is 104 cm³/mol. The number of ether oxygens (including phenoxy) is 3. The van der Waals surface area contributed by atoms with Gasteiger partial charge in [0.2, 0.25) is 5.75 Å². The second kappa shape index (κ2) is 9.31. The Hall–Kier alpha value is -1.95. The second-order valence-corrected chi connectivity index (χ2v) is 7.55. The maximum atomic E-state index is 13.0. The molecule has 0 unspecified atom stereocenters. The van der Waals surface area contributed by atoms with Crippen molar-refractivity contribution in [2.45, 2.75) is 44.6 Å². The number of nitrogens with zero attached hydrogens (tertiary/aromatic N) is 1. The van der Waals surface area contributed by atoms with Gasteiger partial charge in [-0.25, -0.2) is 0 Å². The Kier molecular flexibility index (Phi) is 6.83. The van der Waals surface area contributed by atoms with E-state index in [4.69, 9.17) is 14.2 Å². The van der Waals surface area contributed by atoms with E-state index in [-0.39, 0.29) is 5.91 Å². The van der Waals surface area contributed by atoms with E-state index in [1.165, 1.54) is 38.8 Å². The molecule has 0 saturated carbocycles. The number of hydrogen-bond donors (Lipinski definition) is 1. The molecule has 0 aromatic heterocycles. The number of benzene rings is 1. The topological polar surface area (TPSA) is 52.4 Å². The smallest absolute Gasteiger partial charge is 0.254 e. The van der Waals surface area contributed by atoms with Crippen LogP contribution < -0.4 is 19.1 Å². The van der Waals surface area contributed by atoms with Crippen LogP contribution >= 0.6 is 0 Å². The first kappa shape index (κ1) is 19.8. The van der Waals surface area contributed by atoms with Crippen molar-refractivity contribution in [2.75, 3.05) is 47.5 Å². The van der Waals surface area contributed by atoms with Crippen LogP contribution in [0.2, 0.25) is 0 Å². The predicted octanol–water partition coefficient (Wildman–Crippen LogP) is 1.78. The Balaban J connectivity index is 1.67. The minimum atomic E-state index is 0.0403. The Morgan fingerprint density at radius 3 is 1.96 bits per heavy atom. The molecule has 6 heteroatoms. The molecular formula is C21H33N2O4+. The Morgan fingerprint density at radius 2 is 1.48 bits per heavy atom. The number of rotatable bonds is 5. The van der Waals surface area contributed by atoms with Crippen molar-refractivity contribution in [2.24, 2.45) is 0 Å². The van der Waals surface area contributed by atoms with Gasteiger partial charge in [-0.05, 0) is 37.8 Å². The molecule has 0 atom stereocenters. The first-order valence-corrected chi connectivity index (χ1v) is 10.1. The van der Waals surface area contributed by atoms with Gasteiger partial charge in [0.15, 0.2) is 11.5 Å². The third-order valence-electron chi connectivity index (χ3n) is 6.02. The highest BCUT2D eigenvalue weighted by atomic mass is 16.5. The van der Waals surface area contributed by atoms with E-state index < -0.39 is 0 Å². The van der Waals surface area contributed by atoms with Crippen molar-refractivity contribution < 1.29 is 23.9 Å². The van der Waals surface area contributed by atoms with E-state index in [9.17, 15) is 4.79 Å². The lowest BCUT2D eigenvalue weighted by molar-refractivity contribution is -0.926. The average molecular weight is 378 g/mol. The molecule has 0 radical (unpaired) electrons. The van der Waals surface area contributed by atoms with E-state index in [0.717, 1.165) is 25.9 Å². The van der Waals surface area contributed by atoms with E-state index in [0.29, 0.717) is 28.9 Å². The molecule has 1 amide bonds. The van der Waals surface area contributed by atoms with Gasteiger partial charge in [0, 0.05) is 31.5 Å². The van der Waals surface area contributed by atoms with Gasteiger partial charge in [-0.1, -0.05) is 0 Å². The summed E-state index contributed by atoms with van der Waals surface area (Å²) < 4.78 is 16.1. The van der Waals surface area contributed by atoms with Gasteiger partial charge in [0.1, 0.15) is 0 Å². The third kappa shape index (κ3) is 4.49. The van der Waals surface area contributed by atoms with Crippen LogP contribution in [0.5, 0.6) is 17.2 Å². The highest BCUT2D eigenvalue weighted by molar-refractivity contribution is 5.95. The molecule has 6 nitrogen and oxygen atoms in total. The molecule has 150 valence electrons. The van der Waals surface area contributed by atoms with Crippen LogP contribution in [0.3, 0.4) is 0 Å². The van der Waals surface area contributed by atoms with Crippen molar-refractivity contribution in [3.05, 3.63) is 17.7 Å². The van der Waals surface area contributed by atoms with Crippen molar-refractivity contribution in [1.82, 2.24) is 4.90 Å². The second-order valence-electron chi connectivity index (χ2n) is 7.55. The van der Waals surface area contributed by atoms with Gasteiger partial charge in [-0.3, -0.25) is 4.79 Å². The summed E-state index contributed by atoms with van der Waals surface area (Å²) in [5, 5.41) is 0. The maximum Gasteiger partial charge on any atom is 0.254 e. The monoisotopic (exact) mass is 377 g/mol. The molecule has 1 aromatic carbocycles. The van der Waals surface area contributed by atoms with Crippen LogP contribution in [0.4, 0.5) is 0 Å². The molecule has 2 saturated heterocycles. The molecule has 2 heterocycles. The minimum absolute atomic E-state index is 0.0403. The fourth-order valence-electron chi connectivity index (χ4n) is 4.47. The molecule has 1 N–H and O–H groups in total. The lowest BCUT2D eigenvalue weighted by Gasteiger charge is -2.36. The number of quaternary nitrogens is 1. The summed E-state index contributed by atoms with van der Waals surface area (Å²) >= 11 is 0. The first-order valence-electron chi connectivity index (χ1n) is 10.1. The molecule has 0 bridgehead atoms. The molecule has 2 fully saturated rings. The van der Waals surface area contributed by atoms with Crippen molar-refractivity contribution >= 4 is 5.91 Å². The number of nitrogens with one attached hydrogen (secondary N) is 1. The van der Waals surface area contributed by atoms with E-state index in [1.807, 2.05) is 4.90 Å². The number of likely N-dealkylation sites (tertiary alicyclic amines) is 2. The van der Waals surface area contributed by atoms with Crippen LogP contribution in [0.1, 0.15) is 48.9 Å². The Bertz CT molecular complexity index is 608. The summed E-state index contributed by atoms with van der Waals surface area (Å²) in [5.41, 5.74) is 0.588. The lowest BCUT2D eigenvalue weighted by atomic mass is 10.0. The van der Waals surface area contributed by atoms with Crippen molar-refractivity contribution in [1.29, 1.82) is 0 Å². The van der Waals surface area contributed by atoms with Gasteiger partial charge in [0.25, 0.3) is 5.91 Å². The van der Waals surface area contributed by atoms with Crippen LogP contribution in [-0.2, 0) is 0 Å². The number of piperidine rings is 1. The molecule has 0 spiro atoms. The van der Waals surface area contributed by atoms with Crippen molar-refractivity contribution in [3.8, 4) is 17.2 Å².